The van der Waals surface area contributed by atoms with E-state index in [1.54, 1.807) is 30.3 Å². The normalized spacial score (nSPS) is 10.7. The summed E-state index contributed by atoms with van der Waals surface area (Å²) in [6.07, 6.45) is 0. The molecule has 0 amide bonds. The Kier molecular flexibility index (Phi) is 3.08. The summed E-state index contributed by atoms with van der Waals surface area (Å²) in [6, 6.07) is 11.0. The molecule has 3 rings (SSSR count). The number of aromatic nitrogens is 4. The van der Waals surface area contributed by atoms with Crippen molar-refractivity contribution in [2.75, 3.05) is 5.73 Å². The molecule has 0 atom stereocenters. The second-order valence-corrected chi connectivity index (χ2v) is 4.60. The van der Waals surface area contributed by atoms with E-state index in [1.807, 2.05) is 0 Å². The van der Waals surface area contributed by atoms with Crippen LogP contribution in [-0.2, 0) is 0 Å². The molecule has 100 valence electrons. The second kappa shape index (κ2) is 4.90. The van der Waals surface area contributed by atoms with Crippen molar-refractivity contribution < 1.29 is 4.39 Å². The Morgan fingerprint density at radius 3 is 2.75 bits per heavy atom. The fourth-order valence-corrected chi connectivity index (χ4v) is 2.13. The standard InChI is InChI=1S/C13H9ClFN5/c14-9-4-8(5-11(16)6-9)13-17-18-19-20(13)12-3-1-2-10(15)7-12/h1-7H,16H2. The van der Waals surface area contributed by atoms with Crippen LogP contribution in [0.1, 0.15) is 0 Å². The van der Waals surface area contributed by atoms with E-state index in [-0.39, 0.29) is 5.82 Å². The third-order valence-corrected chi connectivity index (χ3v) is 2.92. The van der Waals surface area contributed by atoms with Crippen molar-refractivity contribution in [3.63, 3.8) is 0 Å². The third-order valence-electron chi connectivity index (χ3n) is 2.70. The number of nitrogens with zero attached hydrogens (tertiary/aromatic N) is 4. The molecule has 2 N–H and O–H groups in total. The predicted molar refractivity (Wildman–Crippen MR) is 74.0 cm³/mol. The minimum absolute atomic E-state index is 0.366. The maximum absolute atomic E-state index is 13.3. The number of nitrogens with two attached hydrogens (primary N) is 1. The van der Waals surface area contributed by atoms with Gasteiger partial charge in [-0.15, -0.1) is 5.10 Å². The van der Waals surface area contributed by atoms with Crippen LogP contribution in [0, 0.1) is 5.82 Å². The SMILES string of the molecule is Nc1cc(Cl)cc(-c2nnnn2-c2cccc(F)c2)c1. The van der Waals surface area contributed by atoms with Gasteiger partial charge in [-0.2, -0.15) is 4.68 Å². The van der Waals surface area contributed by atoms with Gasteiger partial charge in [-0.3, -0.25) is 0 Å². The molecule has 0 unspecified atom stereocenters. The maximum Gasteiger partial charge on any atom is 0.187 e. The molecular weight excluding hydrogens is 281 g/mol. The Balaban J connectivity index is 2.15. The number of rotatable bonds is 2. The maximum atomic E-state index is 13.3. The Bertz CT molecular complexity index is 751. The number of halogens is 2. The van der Waals surface area contributed by atoms with E-state index in [4.69, 9.17) is 17.3 Å². The molecule has 0 aliphatic carbocycles. The number of tetrazole rings is 1. The predicted octanol–water partition coefficient (Wildman–Crippen LogP) is 2.70. The first kappa shape index (κ1) is 12.6. The van der Waals surface area contributed by atoms with Crippen LogP contribution in [-0.4, -0.2) is 20.2 Å². The van der Waals surface area contributed by atoms with Crippen LogP contribution in [0.2, 0.25) is 5.02 Å². The van der Waals surface area contributed by atoms with Gasteiger partial charge >= 0.3 is 0 Å². The number of nitrogen functional groups attached to an aromatic ring is 1. The van der Waals surface area contributed by atoms with Crippen LogP contribution < -0.4 is 5.73 Å². The highest BCUT2D eigenvalue weighted by Crippen LogP contribution is 2.25. The lowest BCUT2D eigenvalue weighted by molar-refractivity contribution is 0.625. The number of anilines is 1. The summed E-state index contributed by atoms with van der Waals surface area (Å²) >= 11 is 5.97. The molecule has 7 heteroatoms. The van der Waals surface area contributed by atoms with Gasteiger partial charge in [0.1, 0.15) is 5.82 Å². The Morgan fingerprint density at radius 2 is 2.00 bits per heavy atom. The molecule has 3 aromatic rings. The highest BCUT2D eigenvalue weighted by molar-refractivity contribution is 6.31. The number of hydrogen-bond acceptors (Lipinski definition) is 4. The molecule has 1 heterocycles. The van der Waals surface area contributed by atoms with Crippen LogP contribution >= 0.6 is 11.6 Å². The third kappa shape index (κ3) is 2.33. The Labute approximate surface area is 118 Å². The van der Waals surface area contributed by atoms with Gasteiger partial charge in [0.15, 0.2) is 5.82 Å². The molecule has 1 aromatic heterocycles. The van der Waals surface area contributed by atoms with E-state index in [1.165, 1.54) is 16.8 Å². The summed E-state index contributed by atoms with van der Waals surface area (Å²) < 4.78 is 14.7. The summed E-state index contributed by atoms with van der Waals surface area (Å²) in [5.74, 6) is 0.0688. The summed E-state index contributed by atoms with van der Waals surface area (Å²) in [4.78, 5) is 0. The molecule has 0 spiro atoms. The van der Waals surface area contributed by atoms with Crippen LogP contribution in [0.4, 0.5) is 10.1 Å². The zero-order valence-electron chi connectivity index (χ0n) is 10.2. The van der Waals surface area contributed by atoms with Gasteiger partial charge in [-0.1, -0.05) is 17.7 Å². The Hall–Kier alpha value is -2.47. The van der Waals surface area contributed by atoms with Gasteiger partial charge in [0.25, 0.3) is 0 Å². The number of hydrogen-bond donors (Lipinski definition) is 1. The summed E-state index contributed by atoms with van der Waals surface area (Å²) in [7, 11) is 0. The zero-order valence-corrected chi connectivity index (χ0v) is 10.9. The van der Waals surface area contributed by atoms with Gasteiger partial charge in [0, 0.05) is 16.3 Å². The van der Waals surface area contributed by atoms with Crippen molar-refractivity contribution in [3.8, 4) is 17.1 Å². The van der Waals surface area contributed by atoms with E-state index in [2.05, 4.69) is 15.5 Å². The molecule has 2 aromatic carbocycles. The first-order chi connectivity index (χ1) is 9.63. The molecule has 0 radical (unpaired) electrons. The molecule has 0 aliphatic heterocycles. The van der Waals surface area contributed by atoms with Crippen LogP contribution in [0.3, 0.4) is 0 Å². The first-order valence-corrected chi connectivity index (χ1v) is 6.12. The summed E-state index contributed by atoms with van der Waals surface area (Å²) in [6.45, 7) is 0. The van der Waals surface area contributed by atoms with Crippen LogP contribution in [0.5, 0.6) is 0 Å². The van der Waals surface area contributed by atoms with Crippen LogP contribution in [0.15, 0.2) is 42.5 Å². The lowest BCUT2D eigenvalue weighted by atomic mass is 10.2. The van der Waals surface area contributed by atoms with Crippen molar-refractivity contribution in [2.24, 2.45) is 0 Å². The van der Waals surface area contributed by atoms with Gasteiger partial charge in [0.2, 0.25) is 0 Å². The van der Waals surface area contributed by atoms with Crippen molar-refractivity contribution >= 4 is 17.3 Å². The Morgan fingerprint density at radius 1 is 1.15 bits per heavy atom. The van der Waals surface area contributed by atoms with Gasteiger partial charge in [-0.05, 0) is 46.8 Å². The monoisotopic (exact) mass is 289 g/mol. The molecular formula is C13H9ClFN5. The van der Waals surface area contributed by atoms with E-state index in [0.717, 1.165) is 0 Å². The summed E-state index contributed by atoms with van der Waals surface area (Å²) in [5.41, 5.74) is 7.43. The van der Waals surface area contributed by atoms with Crippen molar-refractivity contribution in [2.45, 2.75) is 0 Å². The van der Waals surface area contributed by atoms with Gasteiger partial charge < -0.3 is 5.73 Å². The van der Waals surface area contributed by atoms with E-state index < -0.39 is 0 Å². The van der Waals surface area contributed by atoms with Gasteiger partial charge in [-0.25, -0.2) is 4.39 Å². The quantitative estimate of drug-likeness (QED) is 0.736. The molecule has 5 nitrogen and oxygen atoms in total. The zero-order chi connectivity index (χ0) is 14.1. The number of benzene rings is 2. The largest absolute Gasteiger partial charge is 0.399 e. The average Bonchev–Trinajstić information content (AvgIpc) is 2.86. The van der Waals surface area contributed by atoms with E-state index in [0.29, 0.717) is 27.8 Å². The van der Waals surface area contributed by atoms with Crippen molar-refractivity contribution in [3.05, 3.63) is 53.3 Å². The minimum Gasteiger partial charge on any atom is -0.399 e. The fraction of sp³-hybridized carbons (Fsp3) is 0. The van der Waals surface area contributed by atoms with Crippen molar-refractivity contribution in [1.29, 1.82) is 0 Å². The smallest absolute Gasteiger partial charge is 0.187 e. The molecule has 20 heavy (non-hydrogen) atoms. The molecule has 0 bridgehead atoms. The first-order valence-electron chi connectivity index (χ1n) is 5.74. The molecule has 0 saturated carbocycles. The van der Waals surface area contributed by atoms with Crippen LogP contribution in [0.25, 0.3) is 17.1 Å². The highest BCUT2D eigenvalue weighted by atomic mass is 35.5. The molecule has 0 saturated heterocycles. The van der Waals surface area contributed by atoms with E-state index >= 15 is 0 Å². The molecule has 0 fully saturated rings. The second-order valence-electron chi connectivity index (χ2n) is 4.17. The minimum atomic E-state index is -0.366. The average molecular weight is 290 g/mol. The van der Waals surface area contributed by atoms with Gasteiger partial charge in [0.05, 0.1) is 5.69 Å². The van der Waals surface area contributed by atoms with Crippen molar-refractivity contribution in [1.82, 2.24) is 20.2 Å². The summed E-state index contributed by atoms with van der Waals surface area (Å²) in [5, 5.41) is 11.9. The fourth-order valence-electron chi connectivity index (χ4n) is 1.89. The molecule has 0 aliphatic rings. The topological polar surface area (TPSA) is 69.6 Å². The lowest BCUT2D eigenvalue weighted by Gasteiger charge is -2.06. The van der Waals surface area contributed by atoms with E-state index in [9.17, 15) is 4.39 Å². The highest BCUT2D eigenvalue weighted by Gasteiger charge is 2.12. The lowest BCUT2D eigenvalue weighted by Crippen LogP contribution is -2.00.